The van der Waals surface area contributed by atoms with Gasteiger partial charge in [-0.3, -0.25) is 10.1 Å². The first kappa shape index (κ1) is 36.8. The zero-order chi connectivity index (χ0) is 30.1. The van der Waals surface area contributed by atoms with Crippen LogP contribution in [0.3, 0.4) is 0 Å². The highest BCUT2D eigenvalue weighted by atomic mass is 16.5. The van der Waals surface area contributed by atoms with Gasteiger partial charge in [0.25, 0.3) is 0 Å². The highest BCUT2D eigenvalue weighted by Crippen LogP contribution is 2.28. The Morgan fingerprint density at radius 2 is 1.49 bits per heavy atom. The molecule has 0 spiro atoms. The van der Waals surface area contributed by atoms with Gasteiger partial charge in [-0.1, -0.05) is 123 Å². The number of hydrogen-bond acceptors (Lipinski definition) is 5. The Kier molecular flexibility index (Phi) is 21.8. The molecule has 1 aliphatic heterocycles. The Labute approximate surface area is 252 Å². The zero-order valence-electron chi connectivity index (χ0n) is 27.4. The van der Waals surface area contributed by atoms with Gasteiger partial charge in [0, 0.05) is 6.20 Å². The van der Waals surface area contributed by atoms with Crippen molar-refractivity contribution < 1.29 is 14.3 Å². The molecule has 0 saturated carbocycles. The molecule has 234 valence electrons. The lowest BCUT2D eigenvalue weighted by Crippen LogP contribution is -2.38. The summed E-state index contributed by atoms with van der Waals surface area (Å²) >= 11 is 0. The average Bonchev–Trinajstić information content (AvgIpc) is 3.03. The molecule has 2 atom stereocenters. The lowest BCUT2D eigenvalue weighted by Gasteiger charge is -2.27. The highest BCUT2D eigenvalue weighted by Gasteiger charge is 2.25. The second-order valence-corrected chi connectivity index (χ2v) is 10.7. The summed E-state index contributed by atoms with van der Waals surface area (Å²) in [6.07, 6.45) is 22.3. The number of nitrogens with one attached hydrogen (secondary N) is 2. The van der Waals surface area contributed by atoms with Gasteiger partial charge in [-0.25, -0.2) is 0 Å². The predicted molar refractivity (Wildman–Crippen MR) is 175 cm³/mol. The number of unbranched alkanes of at least 4 members (excludes halogenated alkanes) is 9. The summed E-state index contributed by atoms with van der Waals surface area (Å²) in [5.41, 5.74) is 2.65. The van der Waals surface area contributed by atoms with E-state index in [0.717, 1.165) is 43.6 Å². The van der Waals surface area contributed by atoms with Gasteiger partial charge in [-0.2, -0.15) is 0 Å². The first-order valence-corrected chi connectivity index (χ1v) is 17.0. The van der Waals surface area contributed by atoms with Crippen LogP contribution in [0.25, 0.3) is 0 Å². The van der Waals surface area contributed by atoms with Gasteiger partial charge >= 0.3 is 5.97 Å². The molecule has 0 bridgehead atoms. The Morgan fingerprint density at radius 3 is 2.07 bits per heavy atom. The van der Waals surface area contributed by atoms with Crippen molar-refractivity contribution in [3.8, 4) is 5.75 Å². The monoisotopic (exact) mass is 570 g/mol. The van der Waals surface area contributed by atoms with Gasteiger partial charge in [0.2, 0.25) is 0 Å². The minimum Gasteiger partial charge on any atom is -0.494 e. The molecule has 0 radical (unpaired) electrons. The highest BCUT2D eigenvalue weighted by molar-refractivity contribution is 5.74. The molecule has 5 heteroatoms. The Balaban J connectivity index is 0.00000201. The topological polar surface area (TPSA) is 59.6 Å². The zero-order valence-corrected chi connectivity index (χ0v) is 27.4. The molecule has 2 unspecified atom stereocenters. The maximum absolute atomic E-state index is 12.7. The lowest BCUT2D eigenvalue weighted by molar-refractivity contribution is -0.144. The second-order valence-electron chi connectivity index (χ2n) is 10.7. The fourth-order valence-electron chi connectivity index (χ4n) is 5.10. The number of hydrogen-bond donors (Lipinski definition) is 2. The quantitative estimate of drug-likeness (QED) is 0.111. The molecular weight excluding hydrogens is 508 g/mol. The molecule has 0 fully saturated rings. The van der Waals surface area contributed by atoms with Gasteiger partial charge in [0.05, 0.1) is 19.1 Å². The average molecular weight is 571 g/mol. The van der Waals surface area contributed by atoms with Crippen molar-refractivity contribution in [1.82, 2.24) is 10.6 Å². The van der Waals surface area contributed by atoms with Crippen LogP contribution in [0.2, 0.25) is 0 Å². The van der Waals surface area contributed by atoms with Crippen molar-refractivity contribution in [3.63, 3.8) is 0 Å². The van der Waals surface area contributed by atoms with E-state index in [1.165, 1.54) is 76.2 Å². The minimum atomic E-state index is -0.102. The summed E-state index contributed by atoms with van der Waals surface area (Å²) in [4.78, 5) is 12.7. The molecular formula is C36H62N2O3. The molecule has 5 nitrogen and oxygen atoms in total. The summed E-state index contributed by atoms with van der Waals surface area (Å²) in [5.74, 6) is 1.45. The van der Waals surface area contributed by atoms with E-state index in [-0.39, 0.29) is 18.1 Å². The smallest absolute Gasteiger partial charge is 0.314 e. The third-order valence-corrected chi connectivity index (χ3v) is 7.54. The molecule has 0 saturated heterocycles. The fraction of sp³-hybridized carbons (Fsp3) is 0.694. The van der Waals surface area contributed by atoms with Crippen LogP contribution in [-0.2, 0) is 9.53 Å². The Hall–Kier alpha value is -2.27. The van der Waals surface area contributed by atoms with E-state index in [1.54, 1.807) is 0 Å². The largest absolute Gasteiger partial charge is 0.494 e. The molecule has 1 aliphatic carbocycles. The summed E-state index contributed by atoms with van der Waals surface area (Å²) in [5, 5.41) is 6.75. The summed E-state index contributed by atoms with van der Waals surface area (Å²) in [6, 6.07) is 8.25. The Bertz CT molecular complexity index is 847. The number of esters is 1. The standard InChI is InChI=1S/C32H50N2O3.2C2H6/c1-3-5-7-8-9-10-11-13-23-36-29-21-19-27(20-22-29)31-33-24-30(25-34-31)37-32(35)28-17-15-26(16-18-28)14-12-6-4-2;2*1-2/h15,19-22,24,28,31,33-34H,3-14,16-18,23,25H2,1-2H3;2*1-2H3. The molecule has 1 aromatic carbocycles. The molecule has 41 heavy (non-hydrogen) atoms. The number of carbonyl (C=O) groups excluding carboxylic acids is 1. The third-order valence-electron chi connectivity index (χ3n) is 7.54. The fourth-order valence-corrected chi connectivity index (χ4v) is 5.10. The van der Waals surface area contributed by atoms with Crippen molar-refractivity contribution in [1.29, 1.82) is 0 Å². The Morgan fingerprint density at radius 1 is 0.854 bits per heavy atom. The van der Waals surface area contributed by atoms with Gasteiger partial charge in [0.1, 0.15) is 17.7 Å². The van der Waals surface area contributed by atoms with E-state index < -0.39 is 0 Å². The normalized spacial score (nSPS) is 17.9. The first-order chi connectivity index (χ1) is 20.2. The van der Waals surface area contributed by atoms with Crippen molar-refractivity contribution >= 4 is 5.97 Å². The van der Waals surface area contributed by atoms with Crippen LogP contribution in [0.4, 0.5) is 0 Å². The predicted octanol–water partition coefficient (Wildman–Crippen LogP) is 10.1. The SMILES string of the molecule is CC.CC.CCCCCCCCCCOc1ccc(C2NC=C(OC(=O)C3CC=C(CCCCC)CC3)CN2)cc1. The summed E-state index contributed by atoms with van der Waals surface area (Å²) in [7, 11) is 0. The van der Waals surface area contributed by atoms with E-state index in [2.05, 4.69) is 42.7 Å². The molecule has 1 aromatic rings. The van der Waals surface area contributed by atoms with Gasteiger partial charge < -0.3 is 14.8 Å². The molecule has 2 N–H and O–H groups in total. The van der Waals surface area contributed by atoms with Crippen LogP contribution in [0.15, 0.2) is 47.9 Å². The van der Waals surface area contributed by atoms with Crippen LogP contribution in [0.1, 0.15) is 150 Å². The van der Waals surface area contributed by atoms with E-state index in [1.807, 2.05) is 46.0 Å². The van der Waals surface area contributed by atoms with Gasteiger partial charge in [-0.05, 0) is 56.2 Å². The summed E-state index contributed by atoms with van der Waals surface area (Å²) < 4.78 is 11.6. The van der Waals surface area contributed by atoms with Crippen LogP contribution in [0.5, 0.6) is 5.75 Å². The maximum Gasteiger partial charge on any atom is 0.314 e. The molecule has 0 aromatic heterocycles. The molecule has 2 aliphatic rings. The number of allylic oxidation sites excluding steroid dienone is 2. The van der Waals surface area contributed by atoms with Crippen molar-refractivity contribution in [3.05, 3.63) is 53.4 Å². The third kappa shape index (κ3) is 15.5. The molecule has 0 amide bonds. The second kappa shape index (κ2) is 24.3. The van der Waals surface area contributed by atoms with Gasteiger partial charge in [0.15, 0.2) is 0 Å². The first-order valence-electron chi connectivity index (χ1n) is 17.0. The van der Waals surface area contributed by atoms with E-state index in [0.29, 0.717) is 12.3 Å². The maximum atomic E-state index is 12.7. The van der Waals surface area contributed by atoms with E-state index in [4.69, 9.17) is 9.47 Å². The molecule has 3 rings (SSSR count). The van der Waals surface area contributed by atoms with Crippen LogP contribution >= 0.6 is 0 Å². The number of rotatable bonds is 17. The van der Waals surface area contributed by atoms with Crippen molar-refractivity contribution in [2.24, 2.45) is 5.92 Å². The van der Waals surface area contributed by atoms with Gasteiger partial charge in [-0.15, -0.1) is 0 Å². The van der Waals surface area contributed by atoms with Crippen molar-refractivity contribution in [2.45, 2.75) is 144 Å². The van der Waals surface area contributed by atoms with E-state index >= 15 is 0 Å². The van der Waals surface area contributed by atoms with Crippen LogP contribution < -0.4 is 15.4 Å². The lowest BCUT2D eigenvalue weighted by atomic mass is 9.87. The van der Waals surface area contributed by atoms with Crippen LogP contribution in [-0.4, -0.2) is 19.1 Å². The molecule has 1 heterocycles. The minimum absolute atomic E-state index is 0.00694. The van der Waals surface area contributed by atoms with Crippen LogP contribution in [0, 0.1) is 5.92 Å². The van der Waals surface area contributed by atoms with E-state index in [9.17, 15) is 4.79 Å². The number of carbonyl (C=O) groups is 1. The summed E-state index contributed by atoms with van der Waals surface area (Å²) in [6.45, 7) is 13.8. The number of benzene rings is 1. The van der Waals surface area contributed by atoms with Crippen molar-refractivity contribution in [2.75, 3.05) is 13.2 Å². The number of ether oxygens (including phenoxy) is 2.